The van der Waals surface area contributed by atoms with Crippen LogP contribution in [-0.4, -0.2) is 21.8 Å². The van der Waals surface area contributed by atoms with Gasteiger partial charge in [0, 0.05) is 11.9 Å². The van der Waals surface area contributed by atoms with Crippen molar-refractivity contribution in [2.24, 2.45) is 0 Å². The largest absolute Gasteiger partial charge is 0.496 e. The van der Waals surface area contributed by atoms with Gasteiger partial charge in [-0.05, 0) is 52.3 Å². The predicted octanol–water partition coefficient (Wildman–Crippen LogP) is 3.19. The highest BCUT2D eigenvalue weighted by molar-refractivity contribution is 9.10. The number of hydrogen-bond donors (Lipinski definition) is 2. The number of nitrogens with one attached hydrogen (secondary N) is 1. The molecule has 2 rings (SSSR count). The number of hydrogen-bond acceptors (Lipinski definition) is 5. The minimum absolute atomic E-state index is 0.196. The van der Waals surface area contributed by atoms with Crippen LogP contribution in [0.1, 0.15) is 0 Å². The molecule has 0 aliphatic heterocycles. The van der Waals surface area contributed by atoms with Crippen LogP contribution in [0.5, 0.6) is 5.75 Å². The van der Waals surface area contributed by atoms with Crippen LogP contribution in [0.15, 0.2) is 45.8 Å². The minimum Gasteiger partial charge on any atom is -0.496 e. The zero-order valence-corrected chi connectivity index (χ0v) is 14.0. The van der Waals surface area contributed by atoms with Gasteiger partial charge in [0.1, 0.15) is 5.75 Å². The number of sulfone groups is 1. The average molecular weight is 371 g/mol. The maximum absolute atomic E-state index is 11.5. The van der Waals surface area contributed by atoms with Gasteiger partial charge in [0.05, 0.1) is 27.9 Å². The first kappa shape index (κ1) is 15.7. The summed E-state index contributed by atoms with van der Waals surface area (Å²) in [5.41, 5.74) is 7.71. The Hall–Kier alpha value is -1.73. The summed E-state index contributed by atoms with van der Waals surface area (Å²) < 4.78 is 28.9. The van der Waals surface area contributed by atoms with E-state index in [-0.39, 0.29) is 4.90 Å². The molecule has 0 saturated carbocycles. The quantitative estimate of drug-likeness (QED) is 0.807. The van der Waals surface area contributed by atoms with E-state index in [9.17, 15) is 8.42 Å². The Balaban J connectivity index is 2.30. The zero-order valence-electron chi connectivity index (χ0n) is 11.6. The van der Waals surface area contributed by atoms with Gasteiger partial charge in [-0.2, -0.15) is 0 Å². The molecule has 0 fully saturated rings. The van der Waals surface area contributed by atoms with Gasteiger partial charge in [-0.1, -0.05) is 0 Å². The molecule has 5 nitrogen and oxygen atoms in total. The summed E-state index contributed by atoms with van der Waals surface area (Å²) in [6.45, 7) is 0. The van der Waals surface area contributed by atoms with Gasteiger partial charge in [-0.3, -0.25) is 0 Å². The van der Waals surface area contributed by atoms with Crippen molar-refractivity contribution in [1.29, 1.82) is 0 Å². The summed E-state index contributed by atoms with van der Waals surface area (Å²) in [4.78, 5) is 0.196. The third-order valence-electron chi connectivity index (χ3n) is 2.88. The van der Waals surface area contributed by atoms with E-state index in [0.29, 0.717) is 11.4 Å². The molecule has 0 atom stereocenters. The molecule has 0 aromatic heterocycles. The number of rotatable bonds is 4. The highest BCUT2D eigenvalue weighted by Gasteiger charge is 2.10. The maximum atomic E-state index is 11.5. The van der Waals surface area contributed by atoms with Crippen LogP contribution in [0.2, 0.25) is 0 Å². The lowest BCUT2D eigenvalue weighted by Gasteiger charge is -2.12. The molecule has 0 spiro atoms. The van der Waals surface area contributed by atoms with Gasteiger partial charge in [-0.15, -0.1) is 0 Å². The van der Waals surface area contributed by atoms with Crippen LogP contribution < -0.4 is 15.8 Å². The molecule has 0 unspecified atom stereocenters. The van der Waals surface area contributed by atoms with E-state index in [2.05, 4.69) is 21.2 Å². The molecule has 0 aliphatic rings. The van der Waals surface area contributed by atoms with Crippen molar-refractivity contribution in [2.75, 3.05) is 24.4 Å². The van der Waals surface area contributed by atoms with Crippen LogP contribution in [0, 0.1) is 0 Å². The Morgan fingerprint density at radius 2 is 1.90 bits per heavy atom. The van der Waals surface area contributed by atoms with Crippen molar-refractivity contribution in [3.05, 3.63) is 40.9 Å². The molecule has 2 aromatic carbocycles. The lowest BCUT2D eigenvalue weighted by molar-refractivity contribution is 0.412. The summed E-state index contributed by atoms with van der Waals surface area (Å²) in [6, 6.07) is 10.1. The first-order valence-corrected chi connectivity index (χ1v) is 8.70. The van der Waals surface area contributed by atoms with Crippen molar-refractivity contribution < 1.29 is 13.2 Å². The first-order valence-electron chi connectivity index (χ1n) is 6.01. The van der Waals surface area contributed by atoms with Crippen molar-refractivity contribution in [1.82, 2.24) is 0 Å². The minimum atomic E-state index is -3.26. The highest BCUT2D eigenvalue weighted by atomic mass is 79.9. The van der Waals surface area contributed by atoms with Crippen LogP contribution in [0.25, 0.3) is 0 Å². The Kier molecular flexibility index (Phi) is 4.43. The zero-order chi connectivity index (χ0) is 15.6. The lowest BCUT2D eigenvalue weighted by atomic mass is 10.2. The predicted molar refractivity (Wildman–Crippen MR) is 87.9 cm³/mol. The number of anilines is 3. The van der Waals surface area contributed by atoms with Crippen molar-refractivity contribution >= 4 is 42.8 Å². The number of halogens is 1. The summed E-state index contributed by atoms with van der Waals surface area (Å²) in [6.07, 6.45) is 1.15. The number of nitrogens with two attached hydrogens (primary N) is 1. The topological polar surface area (TPSA) is 81.4 Å². The van der Waals surface area contributed by atoms with E-state index in [4.69, 9.17) is 10.5 Å². The van der Waals surface area contributed by atoms with Gasteiger partial charge in [-0.25, -0.2) is 8.42 Å². The average Bonchev–Trinajstić information content (AvgIpc) is 2.40. The maximum Gasteiger partial charge on any atom is 0.175 e. The molecule has 0 amide bonds. The number of ether oxygens (including phenoxy) is 1. The summed E-state index contributed by atoms with van der Waals surface area (Å²) in [5.74, 6) is 0.723. The second kappa shape index (κ2) is 5.95. The standard InChI is InChI=1S/C14H15BrN2O3S/c1-20-14-6-3-9(7-11(14)15)17-13-5-4-10(8-12(13)16)21(2,18)19/h3-8,17H,16H2,1-2H3. The fourth-order valence-corrected chi connectivity index (χ4v) is 2.98. The van der Waals surface area contributed by atoms with Crippen molar-refractivity contribution in [3.8, 4) is 5.75 Å². The van der Waals surface area contributed by atoms with Crippen LogP contribution in [0.3, 0.4) is 0 Å². The number of benzene rings is 2. The fraction of sp³-hybridized carbons (Fsp3) is 0.143. The lowest BCUT2D eigenvalue weighted by Crippen LogP contribution is -2.01. The van der Waals surface area contributed by atoms with E-state index in [0.717, 1.165) is 22.2 Å². The van der Waals surface area contributed by atoms with E-state index in [1.54, 1.807) is 13.2 Å². The van der Waals surface area contributed by atoms with Gasteiger partial charge >= 0.3 is 0 Å². The van der Waals surface area contributed by atoms with E-state index in [1.807, 2.05) is 18.2 Å². The number of methoxy groups -OCH3 is 1. The van der Waals surface area contributed by atoms with Gasteiger partial charge in [0.2, 0.25) is 0 Å². The van der Waals surface area contributed by atoms with Crippen LogP contribution in [0.4, 0.5) is 17.1 Å². The SMILES string of the molecule is COc1ccc(Nc2ccc(S(C)(=O)=O)cc2N)cc1Br. The molecule has 0 aliphatic carbocycles. The van der Waals surface area contributed by atoms with Crippen molar-refractivity contribution in [3.63, 3.8) is 0 Å². The monoisotopic (exact) mass is 370 g/mol. The van der Waals surface area contributed by atoms with Gasteiger partial charge in [0.25, 0.3) is 0 Å². The second-order valence-electron chi connectivity index (χ2n) is 4.50. The normalized spacial score (nSPS) is 11.2. The summed E-state index contributed by atoms with van der Waals surface area (Å²) in [5, 5.41) is 3.14. The molecule has 0 heterocycles. The van der Waals surface area contributed by atoms with Crippen LogP contribution >= 0.6 is 15.9 Å². The van der Waals surface area contributed by atoms with E-state index < -0.39 is 9.84 Å². The molecule has 0 saturated heterocycles. The molecule has 7 heteroatoms. The molecular formula is C14H15BrN2O3S. The van der Waals surface area contributed by atoms with E-state index >= 15 is 0 Å². The third-order valence-corrected chi connectivity index (χ3v) is 4.61. The Bertz CT molecular complexity index is 776. The summed E-state index contributed by atoms with van der Waals surface area (Å²) >= 11 is 3.40. The van der Waals surface area contributed by atoms with Crippen molar-refractivity contribution in [2.45, 2.75) is 4.90 Å². The second-order valence-corrected chi connectivity index (χ2v) is 7.37. The third kappa shape index (κ3) is 3.68. The van der Waals surface area contributed by atoms with Gasteiger partial charge < -0.3 is 15.8 Å². The Morgan fingerprint density at radius 1 is 1.19 bits per heavy atom. The molecule has 21 heavy (non-hydrogen) atoms. The molecule has 0 bridgehead atoms. The Morgan fingerprint density at radius 3 is 2.43 bits per heavy atom. The molecule has 2 aromatic rings. The molecule has 3 N–H and O–H groups in total. The van der Waals surface area contributed by atoms with E-state index in [1.165, 1.54) is 12.1 Å². The summed E-state index contributed by atoms with van der Waals surface area (Å²) in [7, 11) is -1.67. The molecule has 112 valence electrons. The smallest absolute Gasteiger partial charge is 0.175 e. The van der Waals surface area contributed by atoms with Crippen LogP contribution in [-0.2, 0) is 9.84 Å². The molecular weight excluding hydrogens is 356 g/mol. The molecule has 0 radical (unpaired) electrons. The first-order chi connectivity index (χ1) is 9.81. The fourth-order valence-electron chi connectivity index (χ4n) is 1.78. The Labute approximate surface area is 132 Å². The highest BCUT2D eigenvalue weighted by Crippen LogP contribution is 2.31. The van der Waals surface area contributed by atoms with Gasteiger partial charge in [0.15, 0.2) is 9.84 Å². The number of nitrogen functional groups attached to an aromatic ring is 1.